The highest BCUT2D eigenvalue weighted by molar-refractivity contribution is 5.74. The van der Waals surface area contributed by atoms with Gasteiger partial charge in [0.05, 0.1) is 0 Å². The van der Waals surface area contributed by atoms with Crippen LogP contribution >= 0.6 is 0 Å². The number of nitrogens with one attached hydrogen (secondary N) is 2. The van der Waals surface area contributed by atoms with Gasteiger partial charge in [0, 0.05) is 39.1 Å². The van der Waals surface area contributed by atoms with Crippen LogP contribution in [0.3, 0.4) is 0 Å². The van der Waals surface area contributed by atoms with Crippen LogP contribution in [-0.2, 0) is 4.79 Å². The predicted molar refractivity (Wildman–Crippen MR) is 73.2 cm³/mol. The van der Waals surface area contributed by atoms with Gasteiger partial charge in [0.25, 0.3) is 5.97 Å². The van der Waals surface area contributed by atoms with Gasteiger partial charge in [-0.1, -0.05) is 19.3 Å². The van der Waals surface area contributed by atoms with Crippen molar-refractivity contribution in [3.05, 3.63) is 0 Å². The summed E-state index contributed by atoms with van der Waals surface area (Å²) in [6.07, 6.45) is 6.20. The number of nitrogens with zero attached hydrogens (tertiary/aromatic N) is 1. The Labute approximate surface area is 114 Å². The molecule has 0 aromatic heterocycles. The normalized spacial score (nSPS) is 20.2. The van der Waals surface area contributed by atoms with Crippen LogP contribution in [0.5, 0.6) is 0 Å². The Morgan fingerprint density at radius 2 is 1.68 bits per heavy atom. The van der Waals surface area contributed by atoms with Crippen molar-refractivity contribution >= 4 is 12.0 Å². The lowest BCUT2D eigenvalue weighted by atomic mass is 9.96. The Morgan fingerprint density at radius 3 is 2.21 bits per heavy atom. The molecule has 0 aromatic carbocycles. The number of carboxylic acid groups (broad SMARTS) is 1. The van der Waals surface area contributed by atoms with E-state index in [1.165, 1.54) is 19.3 Å². The second-order valence-electron chi connectivity index (χ2n) is 5.04. The van der Waals surface area contributed by atoms with Gasteiger partial charge in [-0.25, -0.2) is 4.79 Å². The smallest absolute Gasteiger partial charge is 0.317 e. The molecule has 1 heterocycles. The van der Waals surface area contributed by atoms with Gasteiger partial charge in [-0.2, -0.15) is 0 Å². The van der Waals surface area contributed by atoms with E-state index in [1.54, 1.807) is 0 Å². The predicted octanol–water partition coefficient (Wildman–Crippen LogP) is 1.02. The van der Waals surface area contributed by atoms with E-state index in [0.29, 0.717) is 6.04 Å². The lowest BCUT2D eigenvalue weighted by Gasteiger charge is -2.31. The second kappa shape index (κ2) is 8.74. The molecule has 2 fully saturated rings. The van der Waals surface area contributed by atoms with Crippen LogP contribution in [0.2, 0.25) is 0 Å². The largest absolute Gasteiger partial charge is 0.481 e. The second-order valence-corrected chi connectivity index (χ2v) is 5.04. The Morgan fingerprint density at radius 1 is 1.16 bits per heavy atom. The summed E-state index contributed by atoms with van der Waals surface area (Å²) in [5.74, 6) is -0.833. The van der Waals surface area contributed by atoms with Gasteiger partial charge in [0.1, 0.15) is 0 Å². The van der Waals surface area contributed by atoms with Crippen LogP contribution in [0, 0.1) is 0 Å². The Balaban J connectivity index is 0.000000399. The molecule has 0 aromatic rings. The zero-order chi connectivity index (χ0) is 14.1. The van der Waals surface area contributed by atoms with Gasteiger partial charge in [0.2, 0.25) is 0 Å². The van der Waals surface area contributed by atoms with Gasteiger partial charge in [-0.3, -0.25) is 4.79 Å². The van der Waals surface area contributed by atoms with E-state index in [9.17, 15) is 4.79 Å². The van der Waals surface area contributed by atoms with E-state index < -0.39 is 5.97 Å². The molecule has 1 aliphatic carbocycles. The summed E-state index contributed by atoms with van der Waals surface area (Å²) in [5, 5.41) is 13.8. The molecule has 0 radical (unpaired) electrons. The van der Waals surface area contributed by atoms with Gasteiger partial charge in [-0.05, 0) is 12.8 Å². The number of hydrogen-bond acceptors (Lipinski definition) is 3. The monoisotopic (exact) mass is 271 g/mol. The molecule has 0 spiro atoms. The van der Waals surface area contributed by atoms with Gasteiger partial charge < -0.3 is 20.6 Å². The van der Waals surface area contributed by atoms with Crippen molar-refractivity contribution in [2.45, 2.75) is 45.1 Å². The quantitative estimate of drug-likeness (QED) is 0.665. The number of rotatable bonds is 1. The Kier molecular flexibility index (Phi) is 7.25. The van der Waals surface area contributed by atoms with Crippen molar-refractivity contribution < 1.29 is 14.7 Å². The van der Waals surface area contributed by atoms with Crippen molar-refractivity contribution in [3.63, 3.8) is 0 Å². The highest BCUT2D eigenvalue weighted by Gasteiger charge is 2.20. The fourth-order valence-corrected chi connectivity index (χ4v) is 2.38. The first-order chi connectivity index (χ1) is 9.09. The summed E-state index contributed by atoms with van der Waals surface area (Å²) in [4.78, 5) is 22.8. The lowest BCUT2D eigenvalue weighted by molar-refractivity contribution is -0.134. The van der Waals surface area contributed by atoms with Crippen molar-refractivity contribution in [1.29, 1.82) is 0 Å². The third kappa shape index (κ3) is 7.00. The molecule has 110 valence electrons. The van der Waals surface area contributed by atoms with E-state index in [-0.39, 0.29) is 6.03 Å². The molecule has 3 N–H and O–H groups in total. The average molecular weight is 271 g/mol. The third-order valence-corrected chi connectivity index (χ3v) is 3.34. The first-order valence-electron chi connectivity index (χ1n) is 7.05. The summed E-state index contributed by atoms with van der Waals surface area (Å²) in [6, 6.07) is 0.574. The fourth-order valence-electron chi connectivity index (χ4n) is 2.38. The Bertz CT molecular complexity index is 281. The van der Waals surface area contributed by atoms with Crippen LogP contribution < -0.4 is 10.6 Å². The molecule has 0 bridgehead atoms. The fraction of sp³-hybridized carbons (Fsp3) is 0.846. The average Bonchev–Trinajstić information content (AvgIpc) is 2.40. The molecule has 6 heteroatoms. The minimum absolute atomic E-state index is 0.142. The molecular formula is C13H25N3O3. The number of carboxylic acids is 1. The zero-order valence-corrected chi connectivity index (χ0v) is 11.7. The molecule has 2 aliphatic rings. The molecule has 2 rings (SSSR count). The summed E-state index contributed by atoms with van der Waals surface area (Å²) < 4.78 is 0. The van der Waals surface area contributed by atoms with E-state index in [4.69, 9.17) is 9.90 Å². The van der Waals surface area contributed by atoms with Crippen LogP contribution in [0.25, 0.3) is 0 Å². The van der Waals surface area contributed by atoms with Gasteiger partial charge in [0.15, 0.2) is 0 Å². The zero-order valence-electron chi connectivity index (χ0n) is 11.7. The van der Waals surface area contributed by atoms with Crippen molar-refractivity contribution in [1.82, 2.24) is 15.5 Å². The van der Waals surface area contributed by atoms with Gasteiger partial charge in [-0.15, -0.1) is 0 Å². The number of hydrogen-bond donors (Lipinski definition) is 3. The van der Waals surface area contributed by atoms with Crippen molar-refractivity contribution in [2.75, 3.05) is 26.2 Å². The lowest BCUT2D eigenvalue weighted by Crippen LogP contribution is -2.52. The molecular weight excluding hydrogens is 246 g/mol. The maximum absolute atomic E-state index is 11.9. The maximum atomic E-state index is 11.9. The number of urea groups is 1. The first kappa shape index (κ1) is 15.8. The minimum Gasteiger partial charge on any atom is -0.481 e. The molecule has 0 atom stereocenters. The number of carbonyl (C=O) groups is 2. The number of piperazine rings is 1. The van der Waals surface area contributed by atoms with E-state index in [1.807, 2.05) is 4.90 Å². The van der Waals surface area contributed by atoms with E-state index in [0.717, 1.165) is 45.9 Å². The molecule has 1 aliphatic heterocycles. The Hall–Kier alpha value is -1.30. The summed E-state index contributed by atoms with van der Waals surface area (Å²) in [6.45, 7) is 4.63. The standard InChI is InChI=1S/C11H21N3O.C2H4O2/c15-11(14-8-6-12-7-9-14)13-10-4-2-1-3-5-10;1-2(3)4/h10,12H,1-9H2,(H,13,15);1H3,(H,3,4). The molecule has 1 saturated carbocycles. The number of amides is 2. The molecule has 6 nitrogen and oxygen atoms in total. The SMILES string of the molecule is CC(=O)O.O=C(NC1CCCCC1)N1CCNCC1. The first-order valence-corrected chi connectivity index (χ1v) is 7.05. The topological polar surface area (TPSA) is 81.7 Å². The van der Waals surface area contributed by atoms with E-state index >= 15 is 0 Å². The summed E-state index contributed by atoms with van der Waals surface area (Å²) >= 11 is 0. The van der Waals surface area contributed by atoms with Gasteiger partial charge >= 0.3 is 6.03 Å². The maximum Gasteiger partial charge on any atom is 0.317 e. The van der Waals surface area contributed by atoms with Crippen LogP contribution in [0.4, 0.5) is 4.79 Å². The third-order valence-electron chi connectivity index (χ3n) is 3.34. The van der Waals surface area contributed by atoms with Crippen molar-refractivity contribution in [2.24, 2.45) is 0 Å². The number of carbonyl (C=O) groups excluding carboxylic acids is 1. The molecule has 2 amide bonds. The number of aliphatic carboxylic acids is 1. The van der Waals surface area contributed by atoms with Crippen molar-refractivity contribution in [3.8, 4) is 0 Å². The van der Waals surface area contributed by atoms with Crippen LogP contribution in [0.1, 0.15) is 39.0 Å². The van der Waals surface area contributed by atoms with Crippen LogP contribution in [-0.4, -0.2) is 54.2 Å². The summed E-state index contributed by atoms with van der Waals surface area (Å²) in [5.41, 5.74) is 0. The highest BCUT2D eigenvalue weighted by atomic mass is 16.4. The van der Waals surface area contributed by atoms with Crippen LogP contribution in [0.15, 0.2) is 0 Å². The summed E-state index contributed by atoms with van der Waals surface area (Å²) in [7, 11) is 0. The minimum atomic E-state index is -0.833. The molecule has 0 unspecified atom stereocenters. The van der Waals surface area contributed by atoms with E-state index in [2.05, 4.69) is 10.6 Å². The highest BCUT2D eigenvalue weighted by Crippen LogP contribution is 2.17. The molecule has 1 saturated heterocycles. The molecule has 19 heavy (non-hydrogen) atoms.